The topological polar surface area (TPSA) is 31.2 Å². The predicted octanol–water partition coefficient (Wildman–Crippen LogP) is 17.9. The molecule has 0 atom stereocenters. The van der Waals surface area contributed by atoms with Gasteiger partial charge < -0.3 is 13.4 Å². The molecule has 0 amide bonds. The van der Waals surface area contributed by atoms with Crippen LogP contribution in [-0.2, 0) is 5.41 Å². The number of rotatable bonds is 4. The Morgan fingerprint density at radius 1 is 0.300 bits per heavy atom. The predicted molar refractivity (Wildman–Crippen MR) is 288 cm³/mol. The van der Waals surface area contributed by atoms with E-state index >= 15 is 0 Å². The van der Waals surface area contributed by atoms with Crippen molar-refractivity contribution in [2.75, 3.05) is 0 Å². The summed E-state index contributed by atoms with van der Waals surface area (Å²) in [6.07, 6.45) is 0. The lowest BCUT2D eigenvalue weighted by atomic mass is 9.69. The van der Waals surface area contributed by atoms with Gasteiger partial charge in [0.1, 0.15) is 22.3 Å². The van der Waals surface area contributed by atoms with Gasteiger partial charge in [-0.2, -0.15) is 0 Å². The van der Waals surface area contributed by atoms with E-state index in [4.69, 9.17) is 8.83 Å². The lowest BCUT2D eigenvalue weighted by molar-refractivity contribution is 0.668. The van der Waals surface area contributed by atoms with E-state index in [0.29, 0.717) is 0 Å². The van der Waals surface area contributed by atoms with Crippen LogP contribution in [0.1, 0.15) is 22.3 Å². The van der Waals surface area contributed by atoms with Gasteiger partial charge in [0, 0.05) is 43.6 Å². The minimum absolute atomic E-state index is 0.626. The lowest BCUT2D eigenvalue weighted by Gasteiger charge is -2.32. The molecule has 0 unspecified atom stereocenters. The summed E-state index contributed by atoms with van der Waals surface area (Å²) in [5, 5.41) is 6.88. The van der Waals surface area contributed by atoms with Gasteiger partial charge in [-0.3, -0.25) is 0 Å². The highest BCUT2D eigenvalue weighted by atomic mass is 16.3. The molecule has 1 spiro atoms. The van der Waals surface area contributed by atoms with Gasteiger partial charge in [-0.25, -0.2) is 0 Å². The molecule has 0 aliphatic heterocycles. The molecule has 0 saturated carbocycles. The second kappa shape index (κ2) is 13.9. The number of benzene rings is 11. The third kappa shape index (κ3) is 4.97. The monoisotopic (exact) mass is 889 g/mol. The van der Waals surface area contributed by atoms with E-state index in [-0.39, 0.29) is 0 Å². The zero-order valence-electron chi connectivity index (χ0n) is 37.8. The van der Waals surface area contributed by atoms with Crippen LogP contribution in [0.25, 0.3) is 127 Å². The van der Waals surface area contributed by atoms with Crippen molar-refractivity contribution in [3.63, 3.8) is 0 Å². The molecular weight excluding hydrogens is 851 g/mol. The minimum atomic E-state index is -0.626. The van der Waals surface area contributed by atoms with Crippen LogP contribution in [-0.4, -0.2) is 4.57 Å². The van der Waals surface area contributed by atoms with Gasteiger partial charge in [-0.1, -0.05) is 170 Å². The van der Waals surface area contributed by atoms with Crippen LogP contribution >= 0.6 is 0 Å². The summed E-state index contributed by atoms with van der Waals surface area (Å²) in [7, 11) is 0. The molecule has 3 heterocycles. The highest BCUT2D eigenvalue weighted by Crippen LogP contribution is 2.66. The van der Waals surface area contributed by atoms with E-state index in [2.05, 4.69) is 235 Å². The van der Waals surface area contributed by atoms with Crippen LogP contribution in [0.3, 0.4) is 0 Å². The van der Waals surface area contributed by atoms with E-state index in [1.807, 2.05) is 6.07 Å². The van der Waals surface area contributed by atoms with Gasteiger partial charge in [0.05, 0.1) is 16.4 Å². The van der Waals surface area contributed by atoms with E-state index < -0.39 is 5.41 Å². The molecule has 0 fully saturated rings. The number of aromatic nitrogens is 1. The summed E-state index contributed by atoms with van der Waals surface area (Å²) in [6, 6.07) is 87.2. The molecular formula is C67H39NO2. The molecule has 3 aromatic heterocycles. The van der Waals surface area contributed by atoms with Crippen molar-refractivity contribution in [1.29, 1.82) is 0 Å². The summed E-state index contributed by atoms with van der Waals surface area (Å²) in [4.78, 5) is 0. The first-order chi connectivity index (χ1) is 34.7. The van der Waals surface area contributed by atoms with Crippen molar-refractivity contribution >= 4 is 65.7 Å². The lowest BCUT2D eigenvalue weighted by Crippen LogP contribution is -2.26. The first-order valence-electron chi connectivity index (χ1n) is 24.1. The fraction of sp³-hybridized carbons (Fsp3) is 0.0149. The molecule has 70 heavy (non-hydrogen) atoms. The Kier molecular flexibility index (Phi) is 7.54. The third-order valence-electron chi connectivity index (χ3n) is 15.6. The molecule has 16 rings (SSSR count). The Bertz CT molecular complexity index is 4500. The van der Waals surface area contributed by atoms with Gasteiger partial charge in [0.25, 0.3) is 0 Å². The quantitative estimate of drug-likeness (QED) is 0.176. The van der Waals surface area contributed by atoms with E-state index in [1.165, 1.54) is 77.5 Å². The number of para-hydroxylation sites is 2. The second-order valence-corrected chi connectivity index (χ2v) is 19.1. The van der Waals surface area contributed by atoms with Crippen LogP contribution in [0.15, 0.2) is 245 Å². The van der Waals surface area contributed by atoms with E-state index in [1.54, 1.807) is 0 Å². The molecule has 3 heteroatoms. The summed E-state index contributed by atoms with van der Waals surface area (Å²) in [6.45, 7) is 0. The summed E-state index contributed by atoms with van der Waals surface area (Å²) in [5.74, 6) is 0. The highest BCUT2D eigenvalue weighted by molar-refractivity contribution is 6.19. The largest absolute Gasteiger partial charge is 0.456 e. The molecule has 0 radical (unpaired) electrons. The molecule has 14 aromatic rings. The maximum Gasteiger partial charge on any atom is 0.135 e. The zero-order valence-corrected chi connectivity index (χ0v) is 37.8. The average molecular weight is 890 g/mol. The highest BCUT2D eigenvalue weighted by Gasteiger charge is 2.54. The van der Waals surface area contributed by atoms with Gasteiger partial charge in [0.15, 0.2) is 0 Å². The Balaban J connectivity index is 1.09. The van der Waals surface area contributed by atoms with Crippen molar-refractivity contribution in [3.05, 3.63) is 259 Å². The molecule has 2 aliphatic carbocycles. The molecule has 0 N–H and O–H groups in total. The first kappa shape index (κ1) is 37.9. The van der Waals surface area contributed by atoms with Crippen LogP contribution in [0.2, 0.25) is 0 Å². The molecule has 0 bridgehead atoms. The van der Waals surface area contributed by atoms with Gasteiger partial charge in [-0.15, -0.1) is 0 Å². The van der Waals surface area contributed by atoms with Gasteiger partial charge >= 0.3 is 0 Å². The Hall–Kier alpha value is -9.18. The normalized spacial score (nSPS) is 13.3. The number of fused-ring (bicyclic) bond motifs is 20. The second-order valence-electron chi connectivity index (χ2n) is 19.1. The van der Waals surface area contributed by atoms with Crippen molar-refractivity contribution in [2.24, 2.45) is 0 Å². The van der Waals surface area contributed by atoms with Crippen molar-refractivity contribution < 1.29 is 8.83 Å². The number of furan rings is 2. The number of hydrogen-bond acceptors (Lipinski definition) is 2. The maximum atomic E-state index is 6.46. The third-order valence-corrected chi connectivity index (χ3v) is 15.6. The minimum Gasteiger partial charge on any atom is -0.456 e. The van der Waals surface area contributed by atoms with Crippen LogP contribution in [0.5, 0.6) is 0 Å². The van der Waals surface area contributed by atoms with Crippen LogP contribution in [0, 0.1) is 0 Å². The number of hydrogen-bond donors (Lipinski definition) is 0. The summed E-state index contributed by atoms with van der Waals surface area (Å²) in [5.41, 5.74) is 23.8. The fourth-order valence-corrected chi connectivity index (χ4v) is 12.7. The standard InChI is InChI=1S/C67H39NO2/c1-2-15-40(16-3-1)41-17-14-18-45(35-41)68-59-32-29-42(43-30-33-62-53(37-43)48-21-7-12-27-60(48)69-62)36-52(59)55-39-51(44-31-34-63-54(38-44)49-22-8-13-28-61(49)70-63)64-50-23-6-11-26-58(50)67(65(64)66(55)68)56-24-9-4-19-46(56)47-20-5-10-25-57(47)67/h1-39H. The Morgan fingerprint density at radius 3 is 1.49 bits per heavy atom. The van der Waals surface area contributed by atoms with Crippen molar-refractivity contribution in [2.45, 2.75) is 5.41 Å². The van der Waals surface area contributed by atoms with Crippen LogP contribution in [0.4, 0.5) is 0 Å². The maximum absolute atomic E-state index is 6.46. The SMILES string of the molecule is c1ccc(-c2cccc(-n3c4ccc(-c5ccc6oc7ccccc7c6c5)cc4c4cc(-c5ccc6oc7ccccc7c6c5)c5c(c43)C3(c4ccccc4-c4ccccc43)c3ccccc3-5)c2)cc1. The number of nitrogens with zero attached hydrogens (tertiary/aromatic N) is 1. The smallest absolute Gasteiger partial charge is 0.135 e. The summed E-state index contributed by atoms with van der Waals surface area (Å²) >= 11 is 0. The molecule has 2 aliphatic rings. The average Bonchev–Trinajstić information content (AvgIpc) is 4.22. The zero-order chi connectivity index (χ0) is 45.7. The molecule has 3 nitrogen and oxygen atoms in total. The van der Waals surface area contributed by atoms with E-state index in [9.17, 15) is 0 Å². The van der Waals surface area contributed by atoms with Crippen molar-refractivity contribution in [1.82, 2.24) is 4.57 Å². The fourth-order valence-electron chi connectivity index (χ4n) is 12.7. The molecule has 0 saturated heterocycles. The Labute approximate surface area is 402 Å². The Morgan fingerprint density at radius 2 is 0.800 bits per heavy atom. The molecule has 324 valence electrons. The van der Waals surface area contributed by atoms with E-state index in [0.717, 1.165) is 71.8 Å². The van der Waals surface area contributed by atoms with Gasteiger partial charge in [-0.05, 0) is 139 Å². The summed E-state index contributed by atoms with van der Waals surface area (Å²) < 4.78 is 15.4. The van der Waals surface area contributed by atoms with Crippen LogP contribution < -0.4 is 0 Å². The molecule has 11 aromatic carbocycles. The first-order valence-corrected chi connectivity index (χ1v) is 24.1. The van der Waals surface area contributed by atoms with Crippen molar-refractivity contribution in [3.8, 4) is 61.3 Å². The van der Waals surface area contributed by atoms with Gasteiger partial charge in [0.2, 0.25) is 0 Å².